The Morgan fingerprint density at radius 2 is 1.86 bits per heavy atom. The van der Waals surface area contributed by atoms with Crippen LogP contribution in [0.1, 0.15) is 47.6 Å². The first-order valence-corrected chi connectivity index (χ1v) is 10.5. The van der Waals surface area contributed by atoms with E-state index in [2.05, 4.69) is 24.0 Å². The molecule has 3 aromatic rings. The molecule has 1 aromatic heterocycles. The highest BCUT2D eigenvalue weighted by atomic mass is 32.2. The molecule has 0 bridgehead atoms. The fraction of sp³-hybridized carbons (Fsp3) is 0.318. The molecule has 4 rings (SSSR count). The molecule has 7 heteroatoms. The predicted octanol–water partition coefficient (Wildman–Crippen LogP) is 4.43. The molecule has 2 heterocycles. The molecule has 1 aliphatic rings. The fourth-order valence-electron chi connectivity index (χ4n) is 3.15. The van der Waals surface area contributed by atoms with Crippen LogP contribution in [-0.4, -0.2) is 32.9 Å². The number of aromatic nitrogens is 3. The summed E-state index contributed by atoms with van der Waals surface area (Å²) in [6.07, 6.45) is -0.337. The van der Waals surface area contributed by atoms with Crippen molar-refractivity contribution in [2.75, 3.05) is 12.4 Å². The topological polar surface area (TPSA) is 66.2 Å². The smallest absolute Gasteiger partial charge is 0.192 e. The Labute approximate surface area is 174 Å². The molecule has 0 spiro atoms. The van der Waals surface area contributed by atoms with Crippen molar-refractivity contribution in [1.29, 1.82) is 0 Å². The van der Waals surface area contributed by atoms with Crippen LogP contribution in [0, 0.1) is 0 Å². The van der Waals surface area contributed by atoms with Gasteiger partial charge in [0.15, 0.2) is 34.4 Å². The average molecular weight is 410 g/mol. The molecule has 2 aromatic carbocycles. The van der Waals surface area contributed by atoms with Crippen LogP contribution >= 0.6 is 11.8 Å². The molecule has 0 radical (unpaired) electrons. The van der Waals surface area contributed by atoms with E-state index in [1.165, 1.54) is 17.3 Å². The first kappa shape index (κ1) is 19.5. The van der Waals surface area contributed by atoms with Crippen LogP contribution in [0.3, 0.4) is 0 Å². The van der Waals surface area contributed by atoms with E-state index in [-0.39, 0.29) is 11.9 Å². The molecule has 0 N–H and O–H groups in total. The van der Waals surface area contributed by atoms with Crippen LogP contribution in [0.4, 0.5) is 0 Å². The lowest BCUT2D eigenvalue weighted by atomic mass is 10.0. The molecule has 29 heavy (non-hydrogen) atoms. The van der Waals surface area contributed by atoms with Gasteiger partial charge in [0.25, 0.3) is 0 Å². The monoisotopic (exact) mass is 409 g/mol. The minimum absolute atomic E-state index is 0.0704. The Morgan fingerprint density at radius 3 is 2.59 bits per heavy atom. The van der Waals surface area contributed by atoms with Gasteiger partial charge < -0.3 is 14.0 Å². The van der Waals surface area contributed by atoms with Crippen LogP contribution in [0.5, 0.6) is 11.5 Å². The minimum Gasteiger partial charge on any atom is -0.485 e. The molecule has 0 aliphatic carbocycles. The zero-order valence-electron chi connectivity index (χ0n) is 16.7. The van der Waals surface area contributed by atoms with Crippen molar-refractivity contribution >= 4 is 17.5 Å². The zero-order chi connectivity index (χ0) is 20.4. The van der Waals surface area contributed by atoms with Gasteiger partial charge in [-0.3, -0.25) is 4.79 Å². The van der Waals surface area contributed by atoms with E-state index in [4.69, 9.17) is 9.47 Å². The van der Waals surface area contributed by atoms with Crippen molar-refractivity contribution in [3.63, 3.8) is 0 Å². The number of rotatable bonds is 6. The summed E-state index contributed by atoms with van der Waals surface area (Å²) in [6.45, 7) is 4.64. The fourth-order valence-corrected chi connectivity index (χ4v) is 3.96. The predicted molar refractivity (Wildman–Crippen MR) is 112 cm³/mol. The third-order valence-electron chi connectivity index (χ3n) is 4.90. The molecular weight excluding hydrogens is 386 g/mol. The Bertz CT molecular complexity index is 1010. The molecule has 0 amide bonds. The molecule has 0 unspecified atom stereocenters. The molecule has 150 valence electrons. The maximum atomic E-state index is 12.5. The van der Waals surface area contributed by atoms with Crippen molar-refractivity contribution in [3.05, 3.63) is 65.5 Å². The normalized spacial score (nSPS) is 15.5. The minimum atomic E-state index is -0.337. The average Bonchev–Trinajstić information content (AvgIpc) is 3.12. The van der Waals surface area contributed by atoms with Gasteiger partial charge in [0.1, 0.15) is 6.61 Å². The van der Waals surface area contributed by atoms with Gasteiger partial charge in [0.2, 0.25) is 0 Å². The highest BCUT2D eigenvalue weighted by Gasteiger charge is 2.27. The number of para-hydroxylation sites is 2. The number of nitrogens with zero attached hydrogens (tertiary/aromatic N) is 3. The highest BCUT2D eigenvalue weighted by Crippen LogP contribution is 2.35. The van der Waals surface area contributed by atoms with E-state index in [1.54, 1.807) is 0 Å². The number of carbonyl (C=O) groups is 1. The second-order valence-corrected chi connectivity index (χ2v) is 8.20. The standard InChI is InChI=1S/C22H23N3O3S/c1-14(2)15-8-10-16(11-9-15)17(26)13-29-22-24-23-21(25(22)3)20-12-27-18-6-4-5-7-19(18)28-20/h4-11,14,20H,12-13H2,1-3H3/t20-/m0/s1. The molecule has 1 aliphatic heterocycles. The molecule has 0 fully saturated rings. The number of Topliss-reactive ketones (excluding diaryl/α,β-unsaturated/α-hetero) is 1. The van der Waals surface area contributed by atoms with Crippen LogP contribution in [0.15, 0.2) is 53.7 Å². The lowest BCUT2D eigenvalue weighted by Gasteiger charge is -2.25. The second kappa shape index (κ2) is 8.29. The van der Waals surface area contributed by atoms with Gasteiger partial charge >= 0.3 is 0 Å². The summed E-state index contributed by atoms with van der Waals surface area (Å²) in [6, 6.07) is 15.4. The van der Waals surface area contributed by atoms with E-state index < -0.39 is 0 Å². The largest absolute Gasteiger partial charge is 0.485 e. The van der Waals surface area contributed by atoms with Crippen LogP contribution < -0.4 is 9.47 Å². The summed E-state index contributed by atoms with van der Waals surface area (Å²) in [5.41, 5.74) is 1.94. The summed E-state index contributed by atoms with van der Waals surface area (Å²) in [5.74, 6) is 2.92. The van der Waals surface area contributed by atoms with Crippen molar-refractivity contribution in [1.82, 2.24) is 14.8 Å². The number of thioether (sulfide) groups is 1. The molecule has 6 nitrogen and oxygen atoms in total. The summed E-state index contributed by atoms with van der Waals surface area (Å²) in [5, 5.41) is 9.18. The summed E-state index contributed by atoms with van der Waals surface area (Å²) < 4.78 is 13.6. The Kier molecular flexibility index (Phi) is 5.58. The quantitative estimate of drug-likeness (QED) is 0.443. The number of ketones is 1. The maximum absolute atomic E-state index is 12.5. The number of hydrogen-bond donors (Lipinski definition) is 0. The van der Waals surface area contributed by atoms with Gasteiger partial charge in [-0.05, 0) is 23.6 Å². The summed E-state index contributed by atoms with van der Waals surface area (Å²) in [4.78, 5) is 12.5. The Balaban J connectivity index is 1.41. The summed E-state index contributed by atoms with van der Waals surface area (Å²) in [7, 11) is 1.88. The number of carbonyl (C=O) groups excluding carboxylic acids is 1. The van der Waals surface area contributed by atoms with Crippen molar-refractivity contribution in [2.45, 2.75) is 31.0 Å². The Morgan fingerprint density at radius 1 is 1.14 bits per heavy atom. The maximum Gasteiger partial charge on any atom is 0.192 e. The first-order chi connectivity index (χ1) is 14.0. The highest BCUT2D eigenvalue weighted by molar-refractivity contribution is 7.99. The number of hydrogen-bond acceptors (Lipinski definition) is 6. The van der Waals surface area contributed by atoms with Gasteiger partial charge in [-0.2, -0.15) is 0 Å². The van der Waals surface area contributed by atoms with Gasteiger partial charge in [-0.15, -0.1) is 10.2 Å². The van der Waals surface area contributed by atoms with Gasteiger partial charge in [-0.1, -0.05) is 62.0 Å². The van der Waals surface area contributed by atoms with E-state index in [1.807, 2.05) is 60.1 Å². The van der Waals surface area contributed by atoms with Gasteiger partial charge in [-0.25, -0.2) is 0 Å². The third-order valence-corrected chi connectivity index (χ3v) is 5.92. The number of benzene rings is 2. The van der Waals surface area contributed by atoms with Crippen LogP contribution in [0.2, 0.25) is 0 Å². The lowest BCUT2D eigenvalue weighted by molar-refractivity contribution is 0.0825. The SMILES string of the molecule is CC(C)c1ccc(C(=O)CSc2nnc([C@@H]3COc4ccccc4O3)n2C)cc1. The molecule has 1 atom stereocenters. The van der Waals surface area contributed by atoms with E-state index >= 15 is 0 Å². The van der Waals surface area contributed by atoms with Crippen molar-refractivity contribution in [2.24, 2.45) is 7.05 Å². The Hall–Kier alpha value is -2.80. The second-order valence-electron chi connectivity index (χ2n) is 7.25. The van der Waals surface area contributed by atoms with Crippen molar-refractivity contribution < 1.29 is 14.3 Å². The zero-order valence-corrected chi connectivity index (χ0v) is 17.5. The summed E-state index contributed by atoms with van der Waals surface area (Å²) >= 11 is 1.37. The molecular formula is C22H23N3O3S. The van der Waals surface area contributed by atoms with Gasteiger partial charge in [0.05, 0.1) is 5.75 Å². The third kappa shape index (κ3) is 4.15. The van der Waals surface area contributed by atoms with Crippen molar-refractivity contribution in [3.8, 4) is 11.5 Å². The van der Waals surface area contributed by atoms with E-state index in [9.17, 15) is 4.79 Å². The molecule has 0 saturated heterocycles. The van der Waals surface area contributed by atoms with E-state index in [0.717, 1.165) is 5.75 Å². The van der Waals surface area contributed by atoms with Crippen LogP contribution in [-0.2, 0) is 7.05 Å². The van der Waals surface area contributed by atoms with E-state index in [0.29, 0.717) is 40.6 Å². The van der Waals surface area contributed by atoms with Gasteiger partial charge in [0, 0.05) is 12.6 Å². The van der Waals surface area contributed by atoms with Crippen LogP contribution in [0.25, 0.3) is 0 Å². The lowest BCUT2D eigenvalue weighted by Crippen LogP contribution is -2.24. The first-order valence-electron chi connectivity index (χ1n) is 9.56. The molecule has 0 saturated carbocycles. The number of fused-ring (bicyclic) bond motifs is 1. The number of ether oxygens (including phenoxy) is 2.